The lowest BCUT2D eigenvalue weighted by Gasteiger charge is -2.38. The van der Waals surface area contributed by atoms with Crippen LogP contribution in [0.2, 0.25) is 5.02 Å². The smallest absolute Gasteiger partial charge is 0.213 e. The van der Waals surface area contributed by atoms with Gasteiger partial charge in [0.05, 0.1) is 11.6 Å². The van der Waals surface area contributed by atoms with Gasteiger partial charge in [-0.05, 0) is 30.6 Å². The third kappa shape index (κ3) is 1.86. The molecule has 2 saturated carbocycles. The summed E-state index contributed by atoms with van der Waals surface area (Å²) in [6.07, 6.45) is 5.39. The van der Waals surface area contributed by atoms with Gasteiger partial charge in [-0.1, -0.05) is 32.4 Å². The highest BCUT2D eigenvalue weighted by atomic mass is 35.5. The first-order valence-corrected chi connectivity index (χ1v) is 7.68. The summed E-state index contributed by atoms with van der Waals surface area (Å²) in [5, 5.41) is 9.76. The fraction of sp³-hybridized carbons (Fsp3) is 0.688. The average Bonchev–Trinajstić information content (AvgIpc) is 2.74. The van der Waals surface area contributed by atoms with Crippen LogP contribution in [0, 0.1) is 16.7 Å². The normalized spacial score (nSPS) is 34.5. The molecule has 20 heavy (non-hydrogen) atoms. The van der Waals surface area contributed by atoms with E-state index in [9.17, 15) is 5.11 Å². The molecule has 3 nitrogen and oxygen atoms in total. The lowest BCUT2D eigenvalue weighted by Crippen LogP contribution is -2.39. The Hall–Kier alpha value is -0.800. The van der Waals surface area contributed by atoms with Crippen molar-refractivity contribution in [2.45, 2.75) is 52.7 Å². The first kappa shape index (κ1) is 14.2. The number of aliphatic hydroxyl groups excluding tert-OH is 1. The number of hydrogen-bond acceptors (Lipinski definition) is 3. The molecule has 0 aromatic carbocycles. The minimum Gasteiger partial charge on any atom is -0.474 e. The summed E-state index contributed by atoms with van der Waals surface area (Å²) < 4.78 is 6.16. The highest BCUT2D eigenvalue weighted by Gasteiger charge is 2.62. The molecule has 2 aliphatic carbocycles. The summed E-state index contributed by atoms with van der Waals surface area (Å²) in [4.78, 5) is 4.25. The monoisotopic (exact) mass is 295 g/mol. The third-order valence-electron chi connectivity index (χ3n) is 6.06. The molecular formula is C16H22ClNO2. The van der Waals surface area contributed by atoms with Gasteiger partial charge in [-0.3, -0.25) is 0 Å². The molecule has 1 aromatic rings. The zero-order valence-corrected chi connectivity index (χ0v) is 13.1. The van der Waals surface area contributed by atoms with Gasteiger partial charge >= 0.3 is 0 Å². The van der Waals surface area contributed by atoms with E-state index in [1.807, 2.05) is 0 Å². The fourth-order valence-electron chi connectivity index (χ4n) is 4.10. The maximum absolute atomic E-state index is 9.27. The van der Waals surface area contributed by atoms with Crippen molar-refractivity contribution in [1.29, 1.82) is 0 Å². The third-order valence-corrected chi connectivity index (χ3v) is 6.40. The molecule has 3 unspecified atom stereocenters. The van der Waals surface area contributed by atoms with Crippen LogP contribution in [0.5, 0.6) is 5.88 Å². The number of hydrogen-bond donors (Lipinski definition) is 1. The maximum atomic E-state index is 9.27. The molecule has 2 aliphatic rings. The molecule has 110 valence electrons. The van der Waals surface area contributed by atoms with Gasteiger partial charge in [-0.25, -0.2) is 4.98 Å². The largest absolute Gasteiger partial charge is 0.474 e. The van der Waals surface area contributed by atoms with E-state index in [0.29, 0.717) is 21.9 Å². The van der Waals surface area contributed by atoms with Gasteiger partial charge in [0.25, 0.3) is 0 Å². The number of pyridine rings is 1. The van der Waals surface area contributed by atoms with Gasteiger partial charge in [0, 0.05) is 23.2 Å². The molecular weight excluding hydrogens is 274 g/mol. The van der Waals surface area contributed by atoms with Gasteiger partial charge in [0.1, 0.15) is 6.10 Å². The number of aliphatic hydroxyl groups is 1. The molecule has 0 saturated heterocycles. The summed E-state index contributed by atoms with van der Waals surface area (Å²) in [5.74, 6) is 1.31. The van der Waals surface area contributed by atoms with Gasteiger partial charge in [-0.2, -0.15) is 0 Å². The second-order valence-electron chi connectivity index (χ2n) is 6.99. The molecule has 0 spiro atoms. The van der Waals surface area contributed by atoms with Gasteiger partial charge < -0.3 is 9.84 Å². The molecule has 2 bridgehead atoms. The number of halogens is 1. The summed E-state index contributed by atoms with van der Waals surface area (Å²) >= 11 is 5.97. The zero-order chi connectivity index (χ0) is 14.5. The lowest BCUT2D eigenvalue weighted by atomic mass is 9.70. The molecule has 2 fully saturated rings. The zero-order valence-electron chi connectivity index (χ0n) is 12.3. The predicted molar refractivity (Wildman–Crippen MR) is 78.8 cm³/mol. The van der Waals surface area contributed by atoms with Crippen LogP contribution in [0.1, 0.15) is 45.6 Å². The molecule has 4 heteroatoms. The van der Waals surface area contributed by atoms with Crippen LogP contribution >= 0.6 is 11.6 Å². The molecule has 1 aromatic heterocycles. The van der Waals surface area contributed by atoms with E-state index in [0.717, 1.165) is 12.3 Å². The fourth-order valence-corrected chi connectivity index (χ4v) is 4.26. The summed E-state index contributed by atoms with van der Waals surface area (Å²) in [6, 6.07) is 1.75. The summed E-state index contributed by atoms with van der Waals surface area (Å²) in [5.41, 5.74) is 1.20. The Labute approximate surface area is 125 Å². The van der Waals surface area contributed by atoms with Crippen LogP contribution in [0.4, 0.5) is 0 Å². The Morgan fingerprint density at radius 2 is 2.20 bits per heavy atom. The molecule has 0 aliphatic heterocycles. The van der Waals surface area contributed by atoms with Crippen LogP contribution in [-0.2, 0) is 6.61 Å². The molecule has 0 radical (unpaired) electrons. The summed E-state index contributed by atoms with van der Waals surface area (Å²) in [6.45, 7) is 6.98. The minimum atomic E-state index is -0.0895. The quantitative estimate of drug-likeness (QED) is 0.922. The van der Waals surface area contributed by atoms with E-state index in [1.54, 1.807) is 12.3 Å². The summed E-state index contributed by atoms with van der Waals surface area (Å²) in [7, 11) is 0. The van der Waals surface area contributed by atoms with E-state index in [-0.39, 0.29) is 18.1 Å². The number of nitrogens with zero attached hydrogens (tertiary/aromatic N) is 1. The van der Waals surface area contributed by atoms with Crippen LogP contribution in [0.15, 0.2) is 12.3 Å². The molecule has 3 atom stereocenters. The van der Waals surface area contributed by atoms with Crippen molar-refractivity contribution in [3.05, 3.63) is 22.8 Å². The van der Waals surface area contributed by atoms with Crippen LogP contribution < -0.4 is 4.74 Å². The van der Waals surface area contributed by atoms with Gasteiger partial charge in [0.2, 0.25) is 5.88 Å². The van der Waals surface area contributed by atoms with Crippen molar-refractivity contribution in [3.8, 4) is 5.88 Å². The Morgan fingerprint density at radius 1 is 1.45 bits per heavy atom. The van der Waals surface area contributed by atoms with Gasteiger partial charge in [0.15, 0.2) is 0 Å². The van der Waals surface area contributed by atoms with E-state index in [4.69, 9.17) is 16.3 Å². The van der Waals surface area contributed by atoms with Crippen LogP contribution in [0.3, 0.4) is 0 Å². The van der Waals surface area contributed by atoms with Crippen molar-refractivity contribution in [3.63, 3.8) is 0 Å². The van der Waals surface area contributed by atoms with E-state index < -0.39 is 0 Å². The Kier molecular flexibility index (Phi) is 3.26. The molecule has 1 N–H and O–H groups in total. The topological polar surface area (TPSA) is 42.4 Å². The minimum absolute atomic E-state index is 0.0895. The van der Waals surface area contributed by atoms with Crippen LogP contribution in [-0.4, -0.2) is 16.2 Å². The van der Waals surface area contributed by atoms with Crippen molar-refractivity contribution in [2.75, 3.05) is 0 Å². The maximum Gasteiger partial charge on any atom is 0.213 e. The number of ether oxygens (including phenoxy) is 1. The average molecular weight is 296 g/mol. The van der Waals surface area contributed by atoms with E-state index >= 15 is 0 Å². The second kappa shape index (κ2) is 4.60. The van der Waals surface area contributed by atoms with E-state index in [1.165, 1.54) is 12.8 Å². The SMILES string of the molecule is CC1(C)C2CCC1(C)C(Oc1cc(CO)c(Cl)cn1)C2. The Bertz CT molecular complexity index is 531. The van der Waals surface area contributed by atoms with Gasteiger partial charge in [-0.15, -0.1) is 0 Å². The number of rotatable bonds is 3. The Morgan fingerprint density at radius 3 is 2.75 bits per heavy atom. The van der Waals surface area contributed by atoms with Crippen molar-refractivity contribution >= 4 is 11.6 Å². The molecule has 1 heterocycles. The Balaban J connectivity index is 1.83. The van der Waals surface area contributed by atoms with Crippen LogP contribution in [0.25, 0.3) is 0 Å². The highest BCUT2D eigenvalue weighted by Crippen LogP contribution is 2.66. The standard InChI is InChI=1S/C16H22ClNO2/c1-15(2)11-4-5-16(15,3)13(7-11)20-14-6-10(9-19)12(17)8-18-14/h6,8,11,13,19H,4-5,7,9H2,1-3H3. The van der Waals surface area contributed by atoms with E-state index in [2.05, 4.69) is 25.8 Å². The number of fused-ring (bicyclic) bond motifs is 2. The van der Waals surface area contributed by atoms with Crippen molar-refractivity contribution in [2.24, 2.45) is 16.7 Å². The molecule has 0 amide bonds. The first-order chi connectivity index (χ1) is 9.38. The lowest BCUT2D eigenvalue weighted by molar-refractivity contribution is 0.0272. The number of aromatic nitrogens is 1. The highest BCUT2D eigenvalue weighted by molar-refractivity contribution is 6.31. The predicted octanol–water partition coefficient (Wildman–Crippen LogP) is 3.82. The second-order valence-corrected chi connectivity index (χ2v) is 7.40. The van der Waals surface area contributed by atoms with Crippen molar-refractivity contribution < 1.29 is 9.84 Å². The first-order valence-electron chi connectivity index (χ1n) is 7.30. The van der Waals surface area contributed by atoms with Crippen molar-refractivity contribution in [1.82, 2.24) is 4.98 Å². The molecule has 3 rings (SSSR count).